The molecule has 0 saturated heterocycles. The Hall–Kier alpha value is -1.15. The summed E-state index contributed by atoms with van der Waals surface area (Å²) in [5.41, 5.74) is 0.361. The summed E-state index contributed by atoms with van der Waals surface area (Å²) in [5, 5.41) is 2.71. The molecule has 0 radical (unpaired) electrons. The lowest BCUT2D eigenvalue weighted by atomic mass is 10.3. The van der Waals surface area contributed by atoms with Crippen molar-refractivity contribution >= 4 is 33.2 Å². The largest absolute Gasteiger partial charge is 0.372 e. The van der Waals surface area contributed by atoms with Crippen molar-refractivity contribution in [1.29, 1.82) is 0 Å². The minimum Gasteiger partial charge on any atom is -0.372 e. The Balaban J connectivity index is 3.07. The zero-order chi connectivity index (χ0) is 16.8. The Morgan fingerprint density at radius 3 is 2.45 bits per heavy atom. The molecule has 1 aromatic rings. The normalized spacial score (nSPS) is 11.7. The summed E-state index contributed by atoms with van der Waals surface area (Å²) in [6, 6.07) is 4.36. The van der Waals surface area contributed by atoms with Gasteiger partial charge in [-0.05, 0) is 25.1 Å². The number of ether oxygens (including phenoxy) is 1. The Morgan fingerprint density at radius 1 is 1.27 bits per heavy atom. The SMILES string of the molecule is CCOCC(=O)Nc1ccc(Cl)c(S(=O)(=O)N(CC)CC)c1. The second kappa shape index (κ2) is 8.47. The van der Waals surface area contributed by atoms with E-state index in [1.807, 2.05) is 0 Å². The van der Waals surface area contributed by atoms with Crippen molar-refractivity contribution in [1.82, 2.24) is 4.31 Å². The number of carbonyl (C=O) groups is 1. The third-order valence-corrected chi connectivity index (χ3v) is 5.51. The lowest BCUT2D eigenvalue weighted by Gasteiger charge is -2.19. The number of halogens is 1. The van der Waals surface area contributed by atoms with E-state index < -0.39 is 10.0 Å². The molecule has 8 heteroatoms. The number of rotatable bonds is 8. The van der Waals surface area contributed by atoms with Gasteiger partial charge in [-0.3, -0.25) is 4.79 Å². The van der Waals surface area contributed by atoms with E-state index in [-0.39, 0.29) is 22.4 Å². The van der Waals surface area contributed by atoms with Gasteiger partial charge < -0.3 is 10.1 Å². The number of sulfonamides is 1. The lowest BCUT2D eigenvalue weighted by molar-refractivity contribution is -0.120. The van der Waals surface area contributed by atoms with Gasteiger partial charge in [0, 0.05) is 25.4 Å². The van der Waals surface area contributed by atoms with Crippen LogP contribution in [0.5, 0.6) is 0 Å². The molecule has 1 amide bonds. The molecular formula is C14H21ClN2O4S. The van der Waals surface area contributed by atoms with Gasteiger partial charge in [0.25, 0.3) is 0 Å². The molecule has 0 aliphatic carbocycles. The van der Waals surface area contributed by atoms with Crippen molar-refractivity contribution in [3.8, 4) is 0 Å². The van der Waals surface area contributed by atoms with Gasteiger partial charge in [0.1, 0.15) is 11.5 Å². The van der Waals surface area contributed by atoms with E-state index in [2.05, 4.69) is 5.32 Å². The van der Waals surface area contributed by atoms with Crippen LogP contribution in [0, 0.1) is 0 Å². The topological polar surface area (TPSA) is 75.7 Å². The predicted molar refractivity (Wildman–Crippen MR) is 86.7 cm³/mol. The number of nitrogens with one attached hydrogen (secondary N) is 1. The van der Waals surface area contributed by atoms with Gasteiger partial charge in [0.2, 0.25) is 15.9 Å². The summed E-state index contributed by atoms with van der Waals surface area (Å²) >= 11 is 6.02. The molecule has 0 aromatic heterocycles. The van der Waals surface area contributed by atoms with Gasteiger partial charge >= 0.3 is 0 Å². The van der Waals surface area contributed by atoms with Crippen molar-refractivity contribution in [3.63, 3.8) is 0 Å². The highest BCUT2D eigenvalue weighted by Gasteiger charge is 2.24. The van der Waals surface area contributed by atoms with Gasteiger partial charge in [0.15, 0.2) is 0 Å². The lowest BCUT2D eigenvalue weighted by Crippen LogP contribution is -2.31. The number of hydrogen-bond donors (Lipinski definition) is 1. The van der Waals surface area contributed by atoms with Crippen LogP contribution in [0.3, 0.4) is 0 Å². The third kappa shape index (κ3) is 4.67. The monoisotopic (exact) mass is 348 g/mol. The Morgan fingerprint density at radius 2 is 1.91 bits per heavy atom. The number of nitrogens with zero attached hydrogens (tertiary/aromatic N) is 1. The predicted octanol–water partition coefficient (Wildman–Crippen LogP) is 2.35. The molecule has 1 rings (SSSR count). The summed E-state index contributed by atoms with van der Waals surface area (Å²) in [5.74, 6) is -0.352. The van der Waals surface area contributed by atoms with E-state index in [1.165, 1.54) is 16.4 Å². The van der Waals surface area contributed by atoms with Crippen LogP contribution in [0.25, 0.3) is 0 Å². The minimum absolute atomic E-state index is 0.0212. The molecular weight excluding hydrogens is 328 g/mol. The molecule has 0 aliphatic heterocycles. The highest BCUT2D eigenvalue weighted by atomic mass is 35.5. The number of amides is 1. The zero-order valence-electron chi connectivity index (χ0n) is 12.9. The van der Waals surface area contributed by atoms with Crippen LogP contribution in [-0.2, 0) is 19.6 Å². The van der Waals surface area contributed by atoms with Gasteiger partial charge in [0.05, 0.1) is 5.02 Å². The van der Waals surface area contributed by atoms with E-state index in [0.717, 1.165) is 0 Å². The first-order chi connectivity index (χ1) is 10.4. The Kier molecular flexibility index (Phi) is 7.28. The van der Waals surface area contributed by atoms with Gasteiger partial charge in [-0.25, -0.2) is 8.42 Å². The van der Waals surface area contributed by atoms with E-state index in [4.69, 9.17) is 16.3 Å². The summed E-state index contributed by atoms with van der Waals surface area (Å²) in [7, 11) is -3.69. The summed E-state index contributed by atoms with van der Waals surface area (Å²) < 4.78 is 31.4. The molecule has 22 heavy (non-hydrogen) atoms. The zero-order valence-corrected chi connectivity index (χ0v) is 14.5. The Labute approximate surface area is 136 Å². The maximum absolute atomic E-state index is 12.5. The highest BCUT2D eigenvalue weighted by Crippen LogP contribution is 2.27. The highest BCUT2D eigenvalue weighted by molar-refractivity contribution is 7.89. The fourth-order valence-corrected chi connectivity index (χ4v) is 3.83. The summed E-state index contributed by atoms with van der Waals surface area (Å²) in [6.45, 7) is 6.31. The van der Waals surface area contributed by atoms with Crippen LogP contribution in [0.1, 0.15) is 20.8 Å². The number of hydrogen-bond acceptors (Lipinski definition) is 4. The van der Waals surface area contributed by atoms with E-state index in [1.54, 1.807) is 26.8 Å². The van der Waals surface area contributed by atoms with Crippen molar-refractivity contribution in [3.05, 3.63) is 23.2 Å². The van der Waals surface area contributed by atoms with E-state index in [0.29, 0.717) is 25.4 Å². The van der Waals surface area contributed by atoms with Crippen LogP contribution in [0.4, 0.5) is 5.69 Å². The summed E-state index contributed by atoms with van der Waals surface area (Å²) in [4.78, 5) is 11.6. The number of carbonyl (C=O) groups excluding carboxylic acids is 1. The average Bonchev–Trinajstić information content (AvgIpc) is 2.48. The van der Waals surface area contributed by atoms with Crippen LogP contribution < -0.4 is 5.32 Å². The molecule has 0 fully saturated rings. The second-order valence-electron chi connectivity index (χ2n) is 4.42. The summed E-state index contributed by atoms with van der Waals surface area (Å²) in [6.07, 6.45) is 0. The maximum atomic E-state index is 12.5. The van der Waals surface area contributed by atoms with Crippen molar-refractivity contribution in [2.45, 2.75) is 25.7 Å². The molecule has 0 bridgehead atoms. The molecule has 1 N–H and O–H groups in total. The number of benzene rings is 1. The molecule has 0 atom stereocenters. The fourth-order valence-electron chi connectivity index (χ4n) is 1.87. The molecule has 0 unspecified atom stereocenters. The first-order valence-corrected chi connectivity index (χ1v) is 8.85. The molecule has 6 nitrogen and oxygen atoms in total. The van der Waals surface area contributed by atoms with Crippen molar-refractivity contribution in [2.24, 2.45) is 0 Å². The maximum Gasteiger partial charge on any atom is 0.250 e. The molecule has 1 aromatic carbocycles. The first-order valence-electron chi connectivity index (χ1n) is 7.04. The van der Waals surface area contributed by atoms with Gasteiger partial charge in [-0.15, -0.1) is 0 Å². The van der Waals surface area contributed by atoms with E-state index >= 15 is 0 Å². The smallest absolute Gasteiger partial charge is 0.250 e. The molecule has 0 spiro atoms. The molecule has 0 saturated carbocycles. The van der Waals surface area contributed by atoms with E-state index in [9.17, 15) is 13.2 Å². The fraction of sp³-hybridized carbons (Fsp3) is 0.500. The quantitative estimate of drug-likeness (QED) is 0.782. The van der Waals surface area contributed by atoms with Crippen molar-refractivity contribution in [2.75, 3.05) is 31.6 Å². The molecule has 0 heterocycles. The van der Waals surface area contributed by atoms with Crippen LogP contribution in [0.2, 0.25) is 5.02 Å². The average molecular weight is 349 g/mol. The third-order valence-electron chi connectivity index (χ3n) is 2.98. The minimum atomic E-state index is -3.69. The Bertz CT molecular complexity index is 615. The van der Waals surface area contributed by atoms with Gasteiger partial charge in [-0.1, -0.05) is 25.4 Å². The first kappa shape index (κ1) is 18.9. The van der Waals surface area contributed by atoms with Crippen molar-refractivity contribution < 1.29 is 17.9 Å². The molecule has 124 valence electrons. The second-order valence-corrected chi connectivity index (χ2v) is 6.73. The van der Waals surface area contributed by atoms with Crippen LogP contribution in [-0.4, -0.2) is 44.9 Å². The van der Waals surface area contributed by atoms with Gasteiger partial charge in [-0.2, -0.15) is 4.31 Å². The number of anilines is 1. The van der Waals surface area contributed by atoms with Crippen LogP contribution in [0.15, 0.2) is 23.1 Å². The molecule has 0 aliphatic rings. The standard InChI is InChI=1S/C14H21ClN2O4S/c1-4-17(5-2)22(19,20)13-9-11(7-8-12(13)15)16-14(18)10-21-6-3/h7-9H,4-6,10H2,1-3H3,(H,16,18). The van der Waals surface area contributed by atoms with Crippen LogP contribution >= 0.6 is 11.6 Å².